The molecule has 0 saturated carbocycles. The third-order valence-electron chi connectivity index (χ3n) is 16.5. The average Bonchev–Trinajstić information content (AvgIpc) is 3.43. The lowest BCUT2D eigenvalue weighted by Crippen LogP contribution is -2.45. The summed E-state index contributed by atoms with van der Waals surface area (Å²) < 4.78 is 5.46. The molecule has 3 N–H and O–H groups in total. The van der Waals surface area contributed by atoms with E-state index < -0.39 is 12.1 Å². The lowest BCUT2D eigenvalue weighted by atomic mass is 10.0. The SMILES string of the molecule is CCCC/C=C\CCCCCCCC(=O)OCCCCCCCCCCCCCC/C=C\CCCCCCCCCCCCC(=O)NC(CO)C(O)CCCCCCCCCCCCCCCCCCCCCCCCC. The molecular formula is C71H137NO5. The van der Waals surface area contributed by atoms with Crippen molar-refractivity contribution in [3.63, 3.8) is 0 Å². The number of esters is 1. The van der Waals surface area contributed by atoms with Gasteiger partial charge in [0, 0.05) is 12.8 Å². The van der Waals surface area contributed by atoms with Crippen molar-refractivity contribution in [3.8, 4) is 0 Å². The molecule has 0 aliphatic carbocycles. The van der Waals surface area contributed by atoms with E-state index in [0.29, 0.717) is 25.9 Å². The van der Waals surface area contributed by atoms with Crippen LogP contribution in [0.15, 0.2) is 24.3 Å². The van der Waals surface area contributed by atoms with E-state index in [9.17, 15) is 19.8 Å². The predicted octanol–water partition coefficient (Wildman–Crippen LogP) is 22.5. The van der Waals surface area contributed by atoms with E-state index in [2.05, 4.69) is 43.5 Å². The molecule has 0 bridgehead atoms. The maximum atomic E-state index is 12.6. The van der Waals surface area contributed by atoms with Gasteiger partial charge < -0.3 is 20.3 Å². The zero-order chi connectivity index (χ0) is 55.7. The van der Waals surface area contributed by atoms with Gasteiger partial charge in [0.1, 0.15) is 0 Å². The minimum Gasteiger partial charge on any atom is -0.466 e. The molecular weight excluding hydrogens is 947 g/mol. The van der Waals surface area contributed by atoms with Crippen molar-refractivity contribution in [2.75, 3.05) is 13.2 Å². The van der Waals surface area contributed by atoms with Crippen LogP contribution in [0, 0.1) is 0 Å². The summed E-state index contributed by atoms with van der Waals surface area (Å²) in [6, 6.07) is -0.544. The van der Waals surface area contributed by atoms with Crippen LogP contribution in [0.3, 0.4) is 0 Å². The molecule has 0 spiro atoms. The highest BCUT2D eigenvalue weighted by Gasteiger charge is 2.20. The highest BCUT2D eigenvalue weighted by Crippen LogP contribution is 2.19. The van der Waals surface area contributed by atoms with E-state index >= 15 is 0 Å². The van der Waals surface area contributed by atoms with Gasteiger partial charge in [-0.2, -0.15) is 0 Å². The van der Waals surface area contributed by atoms with Crippen LogP contribution in [-0.2, 0) is 14.3 Å². The number of ether oxygens (including phenoxy) is 1. The minimum absolute atomic E-state index is 0.00389. The normalized spacial score (nSPS) is 12.6. The first kappa shape index (κ1) is 75.3. The number of aliphatic hydroxyl groups excluding tert-OH is 2. The number of carbonyl (C=O) groups excluding carboxylic acids is 2. The number of hydrogen-bond acceptors (Lipinski definition) is 5. The van der Waals surface area contributed by atoms with Crippen molar-refractivity contribution in [3.05, 3.63) is 24.3 Å². The van der Waals surface area contributed by atoms with Crippen LogP contribution >= 0.6 is 0 Å². The minimum atomic E-state index is -0.667. The van der Waals surface area contributed by atoms with E-state index in [4.69, 9.17) is 4.74 Å². The smallest absolute Gasteiger partial charge is 0.305 e. The van der Waals surface area contributed by atoms with Crippen LogP contribution in [0.2, 0.25) is 0 Å². The molecule has 6 nitrogen and oxygen atoms in total. The topological polar surface area (TPSA) is 95.9 Å². The van der Waals surface area contributed by atoms with Crippen LogP contribution in [0.4, 0.5) is 0 Å². The first-order valence-corrected chi connectivity index (χ1v) is 35.1. The lowest BCUT2D eigenvalue weighted by Gasteiger charge is -2.22. The molecule has 0 aliphatic rings. The number of carbonyl (C=O) groups is 2. The second-order valence-corrected chi connectivity index (χ2v) is 24.2. The van der Waals surface area contributed by atoms with E-state index in [1.165, 1.54) is 315 Å². The Morgan fingerprint density at radius 1 is 0.351 bits per heavy atom. The van der Waals surface area contributed by atoms with Gasteiger partial charge >= 0.3 is 5.97 Å². The summed E-state index contributed by atoms with van der Waals surface area (Å²) in [5.74, 6) is -0.0284. The Bertz CT molecular complexity index is 1200. The molecule has 456 valence electrons. The monoisotopic (exact) mass is 1080 g/mol. The molecule has 0 heterocycles. The number of allylic oxidation sites excluding steroid dienone is 4. The van der Waals surface area contributed by atoms with Gasteiger partial charge in [-0.1, -0.05) is 334 Å². The van der Waals surface area contributed by atoms with Crippen molar-refractivity contribution in [1.82, 2.24) is 5.32 Å². The van der Waals surface area contributed by atoms with Crippen LogP contribution in [0.25, 0.3) is 0 Å². The first-order chi connectivity index (χ1) is 38.0. The summed E-state index contributed by atoms with van der Waals surface area (Å²) in [4.78, 5) is 24.6. The van der Waals surface area contributed by atoms with E-state index in [1.807, 2.05) is 0 Å². The predicted molar refractivity (Wildman–Crippen MR) is 338 cm³/mol. The van der Waals surface area contributed by atoms with Gasteiger partial charge in [0.05, 0.1) is 25.4 Å². The summed E-state index contributed by atoms with van der Waals surface area (Å²) in [6.45, 7) is 4.95. The quantitative estimate of drug-likeness (QED) is 0.0320. The highest BCUT2D eigenvalue weighted by molar-refractivity contribution is 5.76. The first-order valence-electron chi connectivity index (χ1n) is 35.1. The van der Waals surface area contributed by atoms with Crippen molar-refractivity contribution in [1.29, 1.82) is 0 Å². The van der Waals surface area contributed by atoms with Gasteiger partial charge in [0.2, 0.25) is 5.91 Å². The molecule has 0 aromatic carbocycles. The number of unbranched alkanes of at least 4 members (excludes halogenated alkanes) is 51. The largest absolute Gasteiger partial charge is 0.466 e. The van der Waals surface area contributed by atoms with Crippen molar-refractivity contribution >= 4 is 11.9 Å². The molecule has 1 amide bonds. The molecule has 0 rings (SSSR count). The molecule has 6 heteroatoms. The fourth-order valence-electron chi connectivity index (χ4n) is 11.1. The van der Waals surface area contributed by atoms with Gasteiger partial charge in [0.25, 0.3) is 0 Å². The molecule has 0 fully saturated rings. The number of nitrogens with one attached hydrogen (secondary N) is 1. The second-order valence-electron chi connectivity index (χ2n) is 24.2. The zero-order valence-corrected chi connectivity index (χ0v) is 52.2. The van der Waals surface area contributed by atoms with Crippen LogP contribution in [0.1, 0.15) is 393 Å². The third-order valence-corrected chi connectivity index (χ3v) is 16.5. The Balaban J connectivity index is 3.40. The Hall–Kier alpha value is -1.66. The van der Waals surface area contributed by atoms with Crippen LogP contribution in [-0.4, -0.2) is 47.4 Å². The summed E-state index contributed by atoms with van der Waals surface area (Å²) in [5, 5.41) is 23.4. The van der Waals surface area contributed by atoms with Gasteiger partial charge in [-0.05, 0) is 70.6 Å². The lowest BCUT2D eigenvalue weighted by molar-refractivity contribution is -0.143. The summed E-state index contributed by atoms with van der Waals surface area (Å²) >= 11 is 0. The van der Waals surface area contributed by atoms with E-state index in [-0.39, 0.29) is 18.5 Å². The summed E-state index contributed by atoms with van der Waals surface area (Å²) in [7, 11) is 0. The number of hydrogen-bond donors (Lipinski definition) is 3. The fourth-order valence-corrected chi connectivity index (χ4v) is 11.1. The molecule has 0 aromatic rings. The Kier molecular flexibility index (Phi) is 65.4. The zero-order valence-electron chi connectivity index (χ0n) is 52.2. The second kappa shape index (κ2) is 66.8. The molecule has 0 aromatic heterocycles. The highest BCUT2D eigenvalue weighted by atomic mass is 16.5. The number of rotatable bonds is 66. The van der Waals surface area contributed by atoms with E-state index in [0.717, 1.165) is 44.9 Å². The van der Waals surface area contributed by atoms with E-state index in [1.54, 1.807) is 0 Å². The van der Waals surface area contributed by atoms with Gasteiger partial charge in [-0.3, -0.25) is 9.59 Å². The summed E-state index contributed by atoms with van der Waals surface area (Å²) in [5.41, 5.74) is 0. The van der Waals surface area contributed by atoms with Gasteiger partial charge in [0.15, 0.2) is 0 Å². The number of aliphatic hydroxyl groups is 2. The molecule has 2 atom stereocenters. The average molecular weight is 1080 g/mol. The standard InChI is InChI=1S/C71H137NO5/c1-3-5-7-9-11-13-15-16-17-18-19-20-25-28-31-34-37-40-44-47-51-55-59-63-69(74)68(67-73)72-70(75)64-60-56-52-48-45-41-38-35-32-29-26-23-21-22-24-27-30-33-36-39-42-46-50-54-58-62-66-77-71(76)65-61-57-53-49-43-14-12-10-8-6-4-2/h10,12,21,23,68-69,73-74H,3-9,11,13-20,22,24-67H2,1-2H3,(H,72,75)/b12-10-,23-21-. The Morgan fingerprint density at radius 3 is 0.961 bits per heavy atom. The van der Waals surface area contributed by atoms with Crippen molar-refractivity contribution < 1.29 is 24.5 Å². The molecule has 0 saturated heterocycles. The Morgan fingerprint density at radius 2 is 0.623 bits per heavy atom. The number of amides is 1. The fraction of sp³-hybridized carbons (Fsp3) is 0.915. The molecule has 2 unspecified atom stereocenters. The van der Waals surface area contributed by atoms with Crippen molar-refractivity contribution in [2.45, 2.75) is 405 Å². The van der Waals surface area contributed by atoms with Crippen LogP contribution in [0.5, 0.6) is 0 Å². The Labute approximate surface area is 481 Å². The summed E-state index contributed by atoms with van der Waals surface area (Å²) in [6.07, 6.45) is 83.7. The van der Waals surface area contributed by atoms with Crippen molar-refractivity contribution in [2.24, 2.45) is 0 Å². The maximum absolute atomic E-state index is 12.6. The molecule has 77 heavy (non-hydrogen) atoms. The van der Waals surface area contributed by atoms with Crippen LogP contribution < -0.4 is 5.32 Å². The molecule has 0 radical (unpaired) electrons. The van der Waals surface area contributed by atoms with Gasteiger partial charge in [-0.15, -0.1) is 0 Å². The maximum Gasteiger partial charge on any atom is 0.305 e. The molecule has 0 aliphatic heterocycles. The third kappa shape index (κ3) is 63.4. The van der Waals surface area contributed by atoms with Gasteiger partial charge in [-0.25, -0.2) is 0 Å².